The predicted molar refractivity (Wildman–Crippen MR) is 82.8 cm³/mol. The molecule has 2 rings (SSSR count). The fourth-order valence-electron chi connectivity index (χ4n) is 3.86. The molecule has 2 unspecified atom stereocenters. The minimum absolute atomic E-state index is 0.0596. The van der Waals surface area contributed by atoms with Gasteiger partial charge in [-0.1, -0.05) is 17.7 Å². The molecule has 4 heteroatoms. The zero-order valence-corrected chi connectivity index (χ0v) is 13.8. The van der Waals surface area contributed by atoms with Crippen molar-refractivity contribution in [3.8, 4) is 0 Å². The lowest BCUT2D eigenvalue weighted by molar-refractivity contribution is -0.159. The number of rotatable bonds is 3. The summed E-state index contributed by atoms with van der Waals surface area (Å²) in [6.07, 6.45) is 0.456. The molecule has 1 aromatic carbocycles. The highest BCUT2D eigenvalue weighted by molar-refractivity contribution is 6.11. The highest BCUT2D eigenvalue weighted by Crippen LogP contribution is 2.50. The molecule has 0 spiro atoms. The largest absolute Gasteiger partial charge is 0.468 e. The van der Waals surface area contributed by atoms with E-state index in [9.17, 15) is 14.4 Å². The van der Waals surface area contributed by atoms with Gasteiger partial charge in [-0.25, -0.2) is 0 Å². The van der Waals surface area contributed by atoms with Gasteiger partial charge in [0, 0.05) is 6.42 Å². The minimum atomic E-state index is -1.38. The topological polar surface area (TPSA) is 60.4 Å². The number of benzene rings is 1. The first-order valence-electron chi connectivity index (χ1n) is 7.45. The molecule has 1 aliphatic rings. The van der Waals surface area contributed by atoms with Crippen LogP contribution in [0.5, 0.6) is 0 Å². The summed E-state index contributed by atoms with van der Waals surface area (Å²) in [6.45, 7) is 7.20. The molecular formula is C18H22O4. The van der Waals surface area contributed by atoms with Crippen molar-refractivity contribution in [1.29, 1.82) is 0 Å². The molecule has 2 atom stereocenters. The summed E-state index contributed by atoms with van der Waals surface area (Å²) in [7, 11) is 1.27. The van der Waals surface area contributed by atoms with Crippen LogP contribution >= 0.6 is 0 Å². The van der Waals surface area contributed by atoms with Crippen molar-refractivity contribution in [2.75, 3.05) is 7.11 Å². The van der Waals surface area contributed by atoms with Crippen molar-refractivity contribution in [2.45, 2.75) is 46.5 Å². The van der Waals surface area contributed by atoms with Gasteiger partial charge < -0.3 is 4.74 Å². The summed E-state index contributed by atoms with van der Waals surface area (Å²) < 4.78 is 4.89. The van der Waals surface area contributed by atoms with Crippen molar-refractivity contribution < 1.29 is 19.1 Å². The van der Waals surface area contributed by atoms with Crippen molar-refractivity contribution in [1.82, 2.24) is 0 Å². The Balaban J connectivity index is 2.72. The number of carbonyl (C=O) groups is 3. The molecule has 4 nitrogen and oxygen atoms in total. The van der Waals surface area contributed by atoms with Crippen molar-refractivity contribution in [3.63, 3.8) is 0 Å². The van der Waals surface area contributed by atoms with E-state index in [2.05, 4.69) is 0 Å². The average Bonchev–Trinajstić information content (AvgIpc) is 2.76. The van der Waals surface area contributed by atoms with Gasteiger partial charge in [-0.2, -0.15) is 0 Å². The van der Waals surface area contributed by atoms with Crippen molar-refractivity contribution in [2.24, 2.45) is 5.41 Å². The summed E-state index contributed by atoms with van der Waals surface area (Å²) >= 11 is 0. The second-order valence-electron chi connectivity index (χ2n) is 6.23. The Morgan fingerprint density at radius 2 is 1.73 bits per heavy atom. The second-order valence-corrected chi connectivity index (χ2v) is 6.23. The number of Topliss-reactive ketones (excluding diaryl/α,β-unsaturated/α-hetero) is 2. The second kappa shape index (κ2) is 5.67. The quantitative estimate of drug-likeness (QED) is 0.636. The molecule has 0 bridgehead atoms. The number of hydrogen-bond acceptors (Lipinski definition) is 4. The molecule has 0 heterocycles. The number of ether oxygens (including phenoxy) is 1. The van der Waals surface area contributed by atoms with Gasteiger partial charge in [0.2, 0.25) is 0 Å². The lowest BCUT2D eigenvalue weighted by Gasteiger charge is -2.31. The molecular weight excluding hydrogens is 280 g/mol. The van der Waals surface area contributed by atoms with Gasteiger partial charge in [0.25, 0.3) is 0 Å². The number of esters is 1. The van der Waals surface area contributed by atoms with Crippen LogP contribution in [-0.4, -0.2) is 24.6 Å². The molecule has 0 aromatic heterocycles. The lowest BCUT2D eigenvalue weighted by Crippen LogP contribution is -2.43. The monoisotopic (exact) mass is 302 g/mol. The van der Waals surface area contributed by atoms with E-state index in [1.54, 1.807) is 0 Å². The molecule has 0 saturated heterocycles. The zero-order valence-electron chi connectivity index (χ0n) is 13.8. The van der Waals surface area contributed by atoms with Crippen LogP contribution in [0.25, 0.3) is 0 Å². The number of methoxy groups -OCH3 is 1. The number of aryl methyl sites for hydroxylation is 3. The third-order valence-electron chi connectivity index (χ3n) is 4.79. The summed E-state index contributed by atoms with van der Waals surface area (Å²) in [5.41, 5.74) is 2.39. The third-order valence-corrected chi connectivity index (χ3v) is 4.79. The molecule has 1 aromatic rings. The Kier molecular flexibility index (Phi) is 4.23. The average molecular weight is 302 g/mol. The molecule has 0 N–H and O–H groups in total. The van der Waals surface area contributed by atoms with E-state index in [0.29, 0.717) is 0 Å². The van der Waals surface area contributed by atoms with E-state index in [0.717, 1.165) is 22.3 Å². The van der Waals surface area contributed by atoms with Crippen LogP contribution in [0.4, 0.5) is 0 Å². The Bertz CT molecular complexity index is 636. The fraction of sp³-hybridized carbons (Fsp3) is 0.500. The molecule has 0 amide bonds. The van der Waals surface area contributed by atoms with Gasteiger partial charge in [0.05, 0.1) is 13.0 Å². The maximum absolute atomic E-state index is 12.5. The molecule has 1 aliphatic carbocycles. The number of ketones is 2. The Labute approximate surface area is 130 Å². The number of hydrogen-bond donors (Lipinski definition) is 0. The van der Waals surface area contributed by atoms with Crippen LogP contribution in [0.1, 0.15) is 47.9 Å². The van der Waals surface area contributed by atoms with Gasteiger partial charge in [0.1, 0.15) is 17.0 Å². The first-order valence-corrected chi connectivity index (χ1v) is 7.45. The number of carbonyl (C=O) groups excluding carboxylic acids is 3. The van der Waals surface area contributed by atoms with Crippen LogP contribution in [-0.2, 0) is 19.1 Å². The van der Waals surface area contributed by atoms with Gasteiger partial charge >= 0.3 is 5.97 Å². The highest BCUT2D eigenvalue weighted by atomic mass is 16.5. The lowest BCUT2D eigenvalue weighted by atomic mass is 9.69. The highest BCUT2D eigenvalue weighted by Gasteiger charge is 2.58. The van der Waals surface area contributed by atoms with Crippen molar-refractivity contribution >= 4 is 17.5 Å². The Hall–Kier alpha value is -1.97. The van der Waals surface area contributed by atoms with Crippen LogP contribution in [0.15, 0.2) is 12.1 Å². The minimum Gasteiger partial charge on any atom is -0.468 e. The first-order chi connectivity index (χ1) is 10.3. The van der Waals surface area contributed by atoms with Crippen LogP contribution in [0, 0.1) is 26.2 Å². The van der Waals surface area contributed by atoms with Gasteiger partial charge in [-0.15, -0.1) is 0 Å². The Morgan fingerprint density at radius 1 is 1.18 bits per heavy atom. The maximum Gasteiger partial charge on any atom is 0.320 e. The Morgan fingerprint density at radius 3 is 2.18 bits per heavy atom. The van der Waals surface area contributed by atoms with Crippen LogP contribution < -0.4 is 0 Å². The summed E-state index contributed by atoms with van der Waals surface area (Å²) in [6, 6.07) is 3.96. The SMILES string of the molecule is COC(=O)C1(C(C)=O)CCC(=O)C1c1c(C)cc(C)cc1C. The van der Waals surface area contributed by atoms with Crippen LogP contribution in [0.3, 0.4) is 0 Å². The molecule has 118 valence electrons. The van der Waals surface area contributed by atoms with Crippen LogP contribution in [0.2, 0.25) is 0 Å². The maximum atomic E-state index is 12.5. The summed E-state index contributed by atoms with van der Waals surface area (Å²) in [4.78, 5) is 37.3. The molecule has 0 aliphatic heterocycles. The van der Waals surface area contributed by atoms with E-state index in [4.69, 9.17) is 4.74 Å². The van der Waals surface area contributed by atoms with E-state index in [1.165, 1.54) is 14.0 Å². The van der Waals surface area contributed by atoms with Gasteiger partial charge in [-0.3, -0.25) is 14.4 Å². The molecule has 22 heavy (non-hydrogen) atoms. The predicted octanol–water partition coefficient (Wildman–Crippen LogP) is 2.81. The smallest absolute Gasteiger partial charge is 0.320 e. The van der Waals surface area contributed by atoms with E-state index >= 15 is 0 Å². The fourth-order valence-corrected chi connectivity index (χ4v) is 3.86. The standard InChI is InChI=1S/C18H22O4/c1-10-8-11(2)15(12(3)9-10)16-14(20)6-7-18(16,13(4)19)17(21)22-5/h8-9,16H,6-7H2,1-5H3. The zero-order chi connectivity index (χ0) is 16.7. The third kappa shape index (κ3) is 2.27. The molecule has 0 radical (unpaired) electrons. The first kappa shape index (κ1) is 16.4. The summed E-state index contributed by atoms with van der Waals surface area (Å²) in [5.74, 6) is -1.70. The van der Waals surface area contributed by atoms with Crippen molar-refractivity contribution in [3.05, 3.63) is 34.4 Å². The van der Waals surface area contributed by atoms with E-state index < -0.39 is 17.3 Å². The van der Waals surface area contributed by atoms with Gasteiger partial charge in [0.15, 0.2) is 0 Å². The summed E-state index contributed by atoms with van der Waals surface area (Å²) in [5, 5.41) is 0. The molecule has 1 fully saturated rings. The normalized spacial score (nSPS) is 24.4. The van der Waals surface area contributed by atoms with E-state index in [1.807, 2.05) is 32.9 Å². The molecule has 1 saturated carbocycles. The van der Waals surface area contributed by atoms with E-state index in [-0.39, 0.29) is 24.4 Å². The van der Waals surface area contributed by atoms with Gasteiger partial charge in [-0.05, 0) is 50.8 Å².